The third kappa shape index (κ3) is 11.7. The van der Waals surface area contributed by atoms with Crippen molar-refractivity contribution in [3.05, 3.63) is 54.3 Å². The van der Waals surface area contributed by atoms with Gasteiger partial charge in [0.25, 0.3) is 0 Å². The Morgan fingerprint density at radius 1 is 0.591 bits per heavy atom. The molecule has 0 N–H and O–H groups in total. The summed E-state index contributed by atoms with van der Waals surface area (Å²) in [6.45, 7) is 8.30. The zero-order chi connectivity index (χ0) is 48.0. The first-order valence-electron chi connectivity index (χ1n) is 21.0. The quantitative estimate of drug-likeness (QED) is 0.0984. The Kier molecular flexibility index (Phi) is 15.8. The highest BCUT2D eigenvalue weighted by Gasteiger charge is 2.78. The van der Waals surface area contributed by atoms with E-state index in [1.807, 2.05) is 6.07 Å². The van der Waals surface area contributed by atoms with Gasteiger partial charge in [0.1, 0.15) is 31.0 Å². The predicted octanol–water partition coefficient (Wildman–Crippen LogP) is 1.52. The van der Waals surface area contributed by atoms with Crippen molar-refractivity contribution in [3.63, 3.8) is 0 Å². The molecular weight excluding hydrogens is 880 g/mol. The lowest BCUT2D eigenvalue weighted by Gasteiger charge is -2.46. The Bertz CT molecular complexity index is 2050. The SMILES string of the molecule is CC(=O)OC[C@H]1O[C@@H](O[C@@H]2OC=C[C@H]3[C@H](O[C@@H]4O[C@@H](C)[C@H](OC(C)=O)[C@@H](OC(C)=O)[C@H]4OC(C)=O)[C@@H]4O[C@]4(COC(=O)/C=C/c4ccccc4)[C@@H]23)[C@H](OC(C)=O)[C@@H](OC(C)=O)[C@@H]1OC(C)=O. The maximum absolute atomic E-state index is 13.2. The monoisotopic (exact) mass is 932 g/mol. The molecule has 4 fully saturated rings. The van der Waals surface area contributed by atoms with Gasteiger partial charge in [-0.25, -0.2) is 4.79 Å². The molecular formula is C44H52O22. The molecule has 1 aromatic carbocycles. The van der Waals surface area contributed by atoms with E-state index < -0.39 is 158 Å². The van der Waals surface area contributed by atoms with Gasteiger partial charge in [0.2, 0.25) is 12.6 Å². The summed E-state index contributed by atoms with van der Waals surface area (Å²) in [6, 6.07) is 8.97. The minimum atomic E-state index is -1.70. The second-order valence-corrected chi connectivity index (χ2v) is 16.0. The van der Waals surface area contributed by atoms with Crippen molar-refractivity contribution < 1.29 is 105 Å². The number of carbonyl (C=O) groups excluding carboxylic acids is 8. The molecule has 1 aromatic rings. The van der Waals surface area contributed by atoms with E-state index in [1.54, 1.807) is 36.4 Å². The number of benzene rings is 1. The highest BCUT2D eigenvalue weighted by atomic mass is 16.8. The Hall–Kier alpha value is -5.94. The van der Waals surface area contributed by atoms with Crippen molar-refractivity contribution in [2.24, 2.45) is 11.8 Å². The molecule has 0 radical (unpaired) electrons. The molecule has 0 amide bonds. The van der Waals surface area contributed by atoms with Gasteiger partial charge in [-0.2, -0.15) is 0 Å². The number of rotatable bonds is 16. The lowest BCUT2D eigenvalue weighted by atomic mass is 9.85. The van der Waals surface area contributed by atoms with Crippen molar-refractivity contribution in [2.75, 3.05) is 13.2 Å². The van der Waals surface area contributed by atoms with E-state index in [4.69, 9.17) is 66.3 Å². The van der Waals surface area contributed by atoms with Gasteiger partial charge < -0.3 is 66.3 Å². The third-order valence-corrected chi connectivity index (χ3v) is 11.0. The minimum absolute atomic E-state index is 0.411. The average molecular weight is 933 g/mol. The molecule has 22 nitrogen and oxygen atoms in total. The molecule has 0 bridgehead atoms. The molecule has 6 rings (SSSR count). The fraction of sp³-hybridized carbons (Fsp3) is 0.591. The Balaban J connectivity index is 1.36. The largest absolute Gasteiger partial charge is 0.472 e. The number of hydrogen-bond donors (Lipinski definition) is 0. The van der Waals surface area contributed by atoms with Gasteiger partial charge in [-0.15, -0.1) is 0 Å². The molecule has 16 atom stereocenters. The molecule has 0 aromatic heterocycles. The van der Waals surface area contributed by atoms with E-state index in [2.05, 4.69) is 0 Å². The van der Waals surface area contributed by atoms with Crippen LogP contribution in [0.1, 0.15) is 61.0 Å². The maximum atomic E-state index is 13.2. The second kappa shape index (κ2) is 21.1. The summed E-state index contributed by atoms with van der Waals surface area (Å²) in [5.41, 5.74) is -0.731. The lowest BCUT2D eigenvalue weighted by Crippen LogP contribution is -2.64. The van der Waals surface area contributed by atoms with Crippen LogP contribution < -0.4 is 0 Å². The first kappa shape index (κ1) is 49.5. The fourth-order valence-electron chi connectivity index (χ4n) is 8.60. The van der Waals surface area contributed by atoms with Crippen molar-refractivity contribution in [1.82, 2.24) is 0 Å². The van der Waals surface area contributed by atoms with Crippen LogP contribution in [0.2, 0.25) is 0 Å². The van der Waals surface area contributed by atoms with Crippen LogP contribution in [-0.2, 0) is 105 Å². The Morgan fingerprint density at radius 2 is 1.12 bits per heavy atom. The van der Waals surface area contributed by atoms with E-state index in [-0.39, 0.29) is 0 Å². The molecule has 0 spiro atoms. The van der Waals surface area contributed by atoms with E-state index in [9.17, 15) is 38.4 Å². The van der Waals surface area contributed by atoms with Gasteiger partial charge in [-0.3, -0.25) is 33.6 Å². The summed E-state index contributed by atoms with van der Waals surface area (Å²) in [6.07, 6.45) is -12.1. The van der Waals surface area contributed by atoms with Gasteiger partial charge in [0.05, 0.1) is 24.4 Å². The predicted molar refractivity (Wildman–Crippen MR) is 214 cm³/mol. The maximum Gasteiger partial charge on any atom is 0.330 e. The number of ether oxygens (including phenoxy) is 14. The second-order valence-electron chi connectivity index (χ2n) is 16.0. The van der Waals surface area contributed by atoms with Crippen molar-refractivity contribution in [3.8, 4) is 0 Å². The van der Waals surface area contributed by atoms with Crippen LogP contribution in [0.25, 0.3) is 6.08 Å². The van der Waals surface area contributed by atoms with Crippen LogP contribution in [-0.4, -0.2) is 146 Å². The summed E-state index contributed by atoms with van der Waals surface area (Å²) in [5, 5.41) is 0. The summed E-state index contributed by atoms with van der Waals surface area (Å²) < 4.78 is 82.2. The van der Waals surface area contributed by atoms with Crippen molar-refractivity contribution in [1.29, 1.82) is 0 Å². The number of carbonyl (C=O) groups is 8. The standard InChI is InChI=1S/C44H52O22/c1-20-33(57-22(3)46)36(59-24(5)48)38(61-26(7)50)42(56-20)64-34-29-16-17-53-41(32(29)44(40(34)66-44)19-55-31(52)15-14-28-12-10-9-11-13-28)65-43-39(62-27(8)51)37(60-25(6)49)35(58-23(4)47)30(63-43)18-54-21(2)45/h9-17,20,29-30,32-43H,18-19H2,1-8H3/b15-14+/t20-,29+,30+,32+,33-,34-,35+,36+,37-,38+,39+,40-,41-,42-,43-,44+/m0/s1. The topological polar surface area (TPSA) is 269 Å². The number of fused-ring (bicyclic) bond motifs is 3. The molecule has 1 saturated carbocycles. The van der Waals surface area contributed by atoms with Gasteiger partial charge in [0, 0.05) is 60.5 Å². The van der Waals surface area contributed by atoms with Gasteiger partial charge in [-0.05, 0) is 24.6 Å². The highest BCUT2D eigenvalue weighted by molar-refractivity contribution is 5.87. The highest BCUT2D eigenvalue weighted by Crippen LogP contribution is 2.61. The van der Waals surface area contributed by atoms with E-state index in [0.717, 1.165) is 54.0 Å². The fourth-order valence-corrected chi connectivity index (χ4v) is 8.60. The minimum Gasteiger partial charge on any atom is -0.472 e. The first-order chi connectivity index (χ1) is 31.3. The van der Waals surface area contributed by atoms with Crippen LogP contribution in [0.4, 0.5) is 0 Å². The number of epoxide rings is 1. The molecule has 66 heavy (non-hydrogen) atoms. The molecule has 4 aliphatic heterocycles. The summed E-state index contributed by atoms with van der Waals surface area (Å²) in [7, 11) is 0. The lowest BCUT2D eigenvalue weighted by molar-refractivity contribution is -0.349. The third-order valence-electron chi connectivity index (χ3n) is 11.0. The molecule has 360 valence electrons. The summed E-state index contributed by atoms with van der Waals surface area (Å²) in [5.74, 6) is -8.15. The van der Waals surface area contributed by atoms with Crippen LogP contribution >= 0.6 is 0 Å². The molecule has 5 aliphatic rings. The van der Waals surface area contributed by atoms with E-state index in [0.29, 0.717) is 0 Å². The zero-order valence-corrected chi connectivity index (χ0v) is 37.3. The average Bonchev–Trinajstić information content (AvgIpc) is 3.89. The smallest absolute Gasteiger partial charge is 0.330 e. The van der Waals surface area contributed by atoms with Gasteiger partial charge in [-0.1, -0.05) is 30.3 Å². The molecule has 0 unspecified atom stereocenters. The first-order valence-corrected chi connectivity index (χ1v) is 21.0. The van der Waals surface area contributed by atoms with Gasteiger partial charge in [0.15, 0.2) is 42.9 Å². The van der Waals surface area contributed by atoms with Gasteiger partial charge >= 0.3 is 47.8 Å². The Labute approximate surface area is 378 Å². The van der Waals surface area contributed by atoms with Crippen molar-refractivity contribution >= 4 is 53.8 Å². The van der Waals surface area contributed by atoms with E-state index in [1.165, 1.54) is 19.3 Å². The summed E-state index contributed by atoms with van der Waals surface area (Å²) >= 11 is 0. The molecule has 4 heterocycles. The van der Waals surface area contributed by atoms with Crippen LogP contribution in [0, 0.1) is 11.8 Å². The van der Waals surface area contributed by atoms with Crippen LogP contribution in [0.5, 0.6) is 0 Å². The summed E-state index contributed by atoms with van der Waals surface area (Å²) in [4.78, 5) is 99.7. The normalized spacial score (nSPS) is 35.1. The number of hydrogen-bond acceptors (Lipinski definition) is 22. The molecule has 22 heteroatoms. The molecule has 3 saturated heterocycles. The van der Waals surface area contributed by atoms with E-state index >= 15 is 0 Å². The van der Waals surface area contributed by atoms with Crippen molar-refractivity contribution in [2.45, 2.75) is 141 Å². The molecule has 1 aliphatic carbocycles. The Morgan fingerprint density at radius 3 is 1.70 bits per heavy atom. The zero-order valence-electron chi connectivity index (χ0n) is 37.3. The van der Waals surface area contributed by atoms with Crippen LogP contribution in [0.15, 0.2) is 48.7 Å². The van der Waals surface area contributed by atoms with Crippen LogP contribution in [0.3, 0.4) is 0 Å². The number of esters is 8.